The summed E-state index contributed by atoms with van der Waals surface area (Å²) >= 11 is -4.60. The average Bonchev–Trinajstić information content (AvgIpc) is 3.03. The minimum absolute atomic E-state index is 0.282. The Morgan fingerprint density at radius 2 is 0.571 bits per heavy atom. The van der Waals surface area contributed by atoms with Crippen LogP contribution in [0.15, 0.2) is 0 Å². The fourth-order valence-corrected chi connectivity index (χ4v) is 9.83. The van der Waals surface area contributed by atoms with E-state index in [9.17, 15) is 9.59 Å². The molecule has 0 aliphatic carbocycles. The van der Waals surface area contributed by atoms with Gasteiger partial charge in [-0.25, -0.2) is 0 Å². The summed E-state index contributed by atoms with van der Waals surface area (Å²) in [5.41, 5.74) is 0. The van der Waals surface area contributed by atoms with E-state index < -0.39 is 18.1 Å². The van der Waals surface area contributed by atoms with Crippen LogP contribution in [0.4, 0.5) is 0 Å². The first kappa shape index (κ1) is 48.6. The normalized spacial score (nSPS) is 11.9. The molecule has 0 aromatic carbocycles. The third-order valence-electron chi connectivity index (χ3n) is 9.21. The molecule has 292 valence electrons. The van der Waals surface area contributed by atoms with Gasteiger partial charge in [0.2, 0.25) is 0 Å². The van der Waals surface area contributed by atoms with E-state index in [2.05, 4.69) is 13.8 Å². The standard InChI is InChI=1S/2C18H36O2.2C3H7O.Ti/c2*1-2-3-4-5-6-7-8-9-10-11-12-13-14-15-16-17-18(19)20;2*1-3(2)4;/h2*2-17H2,1H3,(H,19,20);2*3H,1-2H3;/q;;2*-1;+4/p-2. The van der Waals surface area contributed by atoms with Crippen molar-refractivity contribution in [3.63, 3.8) is 0 Å². The van der Waals surface area contributed by atoms with Gasteiger partial charge in [0.1, 0.15) is 0 Å². The Bertz CT molecular complexity index is 668. The molecule has 0 saturated heterocycles. The van der Waals surface area contributed by atoms with Gasteiger partial charge in [0.15, 0.2) is 0 Å². The third kappa shape index (κ3) is 34.4. The van der Waals surface area contributed by atoms with Crippen molar-refractivity contribution >= 4 is 11.9 Å². The van der Waals surface area contributed by atoms with Crippen molar-refractivity contribution < 1.29 is 41.0 Å². The van der Waals surface area contributed by atoms with Crippen LogP contribution in [0.25, 0.3) is 0 Å². The molecule has 0 aromatic rings. The number of carbonyl (C=O) groups excluding carboxylic acids is 2. The third-order valence-corrected chi connectivity index (χ3v) is 13.1. The maximum atomic E-state index is 12.9. The van der Waals surface area contributed by atoms with Gasteiger partial charge in [-0.3, -0.25) is 0 Å². The summed E-state index contributed by atoms with van der Waals surface area (Å²) in [6.45, 7) is 12.0. The first-order valence-electron chi connectivity index (χ1n) is 21.5. The number of hydrogen-bond donors (Lipinski definition) is 0. The molecule has 6 nitrogen and oxygen atoms in total. The van der Waals surface area contributed by atoms with Crippen molar-refractivity contribution in [3.8, 4) is 0 Å². The molecule has 0 N–H and O–H groups in total. The van der Waals surface area contributed by atoms with Gasteiger partial charge in [0, 0.05) is 0 Å². The molecule has 0 spiro atoms. The zero-order valence-corrected chi connectivity index (χ0v) is 35.3. The van der Waals surface area contributed by atoms with Crippen molar-refractivity contribution in [2.24, 2.45) is 0 Å². The SMILES string of the molecule is CCCCCCCCCCCCCCCCCC(=O)[O][Ti]([O]C(=O)CCCCCCCCCCCCCCCCC)([O]C(C)C)[O]C(C)C. The second-order valence-corrected chi connectivity index (χ2v) is 18.1. The van der Waals surface area contributed by atoms with Gasteiger partial charge in [0.25, 0.3) is 0 Å². The fraction of sp³-hybridized carbons (Fsp3) is 0.952. The summed E-state index contributed by atoms with van der Waals surface area (Å²) < 4.78 is 23.7. The van der Waals surface area contributed by atoms with Crippen LogP contribution in [0.2, 0.25) is 0 Å². The summed E-state index contributed by atoms with van der Waals surface area (Å²) in [6, 6.07) is 0. The van der Waals surface area contributed by atoms with Crippen LogP contribution in [0.5, 0.6) is 0 Å². The van der Waals surface area contributed by atoms with E-state index >= 15 is 0 Å². The number of unbranched alkanes of at least 4 members (excludes halogenated alkanes) is 28. The molecule has 0 saturated carbocycles. The van der Waals surface area contributed by atoms with Gasteiger partial charge in [-0.2, -0.15) is 0 Å². The number of hydrogen-bond acceptors (Lipinski definition) is 6. The summed E-state index contributed by atoms with van der Waals surface area (Å²) in [5, 5.41) is 0. The second-order valence-electron chi connectivity index (χ2n) is 15.2. The molecule has 0 rings (SSSR count). The van der Waals surface area contributed by atoms with Crippen molar-refractivity contribution in [2.45, 2.75) is 259 Å². The topological polar surface area (TPSA) is 71.1 Å². The van der Waals surface area contributed by atoms with Gasteiger partial charge in [-0.15, -0.1) is 0 Å². The molecule has 0 bridgehead atoms. The molecular formula is C42H84O6Ti. The van der Waals surface area contributed by atoms with Crippen LogP contribution in [-0.2, 0) is 41.0 Å². The maximum absolute atomic E-state index is 12.9. The Morgan fingerprint density at radius 3 is 0.776 bits per heavy atom. The van der Waals surface area contributed by atoms with Gasteiger partial charge in [0.05, 0.1) is 0 Å². The Balaban J connectivity index is 4.20. The molecule has 0 amide bonds. The Kier molecular flexibility index (Phi) is 35.6. The van der Waals surface area contributed by atoms with Gasteiger partial charge in [-0.1, -0.05) is 90.9 Å². The number of rotatable bonds is 38. The van der Waals surface area contributed by atoms with Crippen LogP contribution < -0.4 is 0 Å². The molecule has 0 fully saturated rings. The van der Waals surface area contributed by atoms with Crippen molar-refractivity contribution in [1.82, 2.24) is 0 Å². The van der Waals surface area contributed by atoms with E-state index in [4.69, 9.17) is 13.3 Å². The molecule has 0 aliphatic rings. The van der Waals surface area contributed by atoms with E-state index in [1.807, 2.05) is 27.7 Å². The molecule has 0 aromatic heterocycles. The molecule has 0 aliphatic heterocycles. The molecule has 0 atom stereocenters. The summed E-state index contributed by atoms with van der Waals surface area (Å²) in [6.07, 6.45) is 38.3. The Hall–Kier alpha value is -0.426. The zero-order valence-electron chi connectivity index (χ0n) is 33.7. The van der Waals surface area contributed by atoms with E-state index in [1.165, 1.54) is 154 Å². The quantitative estimate of drug-likeness (QED) is 0.0465. The molecule has 0 unspecified atom stereocenters. The minimum atomic E-state index is -4.60. The number of carbonyl (C=O) groups is 2. The average molecular weight is 733 g/mol. The zero-order chi connectivity index (χ0) is 36.3. The van der Waals surface area contributed by atoms with E-state index in [0.717, 1.165) is 38.5 Å². The van der Waals surface area contributed by atoms with Gasteiger partial charge >= 0.3 is 221 Å². The van der Waals surface area contributed by atoms with Crippen LogP contribution in [0.1, 0.15) is 247 Å². The van der Waals surface area contributed by atoms with E-state index in [-0.39, 0.29) is 24.1 Å². The van der Waals surface area contributed by atoms with Gasteiger partial charge in [-0.05, 0) is 0 Å². The predicted molar refractivity (Wildman–Crippen MR) is 204 cm³/mol. The molecule has 0 heterocycles. The summed E-state index contributed by atoms with van der Waals surface area (Å²) in [5.74, 6) is -0.758. The first-order valence-corrected chi connectivity index (χ1v) is 24.1. The molecular weight excluding hydrogens is 648 g/mol. The van der Waals surface area contributed by atoms with E-state index in [1.54, 1.807) is 0 Å². The van der Waals surface area contributed by atoms with Crippen LogP contribution in [0.3, 0.4) is 0 Å². The molecule has 0 radical (unpaired) electrons. The van der Waals surface area contributed by atoms with Crippen LogP contribution in [-0.4, -0.2) is 24.1 Å². The van der Waals surface area contributed by atoms with Gasteiger partial charge < -0.3 is 0 Å². The Labute approximate surface area is 310 Å². The molecule has 7 heteroatoms. The predicted octanol–water partition coefficient (Wildman–Crippen LogP) is 14.3. The van der Waals surface area contributed by atoms with Crippen molar-refractivity contribution in [1.29, 1.82) is 0 Å². The van der Waals surface area contributed by atoms with Crippen molar-refractivity contribution in [3.05, 3.63) is 0 Å². The second kappa shape index (κ2) is 36.0. The first-order chi connectivity index (χ1) is 23.7. The van der Waals surface area contributed by atoms with Crippen LogP contribution in [0, 0.1) is 0 Å². The monoisotopic (exact) mass is 733 g/mol. The van der Waals surface area contributed by atoms with E-state index in [0.29, 0.717) is 12.8 Å². The fourth-order valence-electron chi connectivity index (χ4n) is 6.38. The van der Waals surface area contributed by atoms with Crippen LogP contribution >= 0.6 is 0 Å². The molecule has 49 heavy (non-hydrogen) atoms. The Morgan fingerprint density at radius 1 is 0.367 bits per heavy atom. The summed E-state index contributed by atoms with van der Waals surface area (Å²) in [7, 11) is 0. The summed E-state index contributed by atoms with van der Waals surface area (Å²) in [4.78, 5) is 25.8. The van der Waals surface area contributed by atoms with Crippen molar-refractivity contribution in [2.75, 3.05) is 0 Å².